The van der Waals surface area contributed by atoms with Crippen LogP contribution in [-0.2, 0) is 27.5 Å². The number of carboxylic acids is 1. The SMILES string of the molecule is O=C(O)C(F)(F)F.O=C1CCC(N2Cc3cc(-n4cc(CN5CCCCCC5)nn4)ccc3C2=O)C(=O)N1. The van der Waals surface area contributed by atoms with Gasteiger partial charge in [-0.25, -0.2) is 9.48 Å². The average Bonchev–Trinajstić information content (AvgIpc) is 3.34. The van der Waals surface area contributed by atoms with Crippen LogP contribution in [0.4, 0.5) is 13.2 Å². The zero-order valence-corrected chi connectivity index (χ0v) is 20.4. The molecule has 0 aliphatic carbocycles. The van der Waals surface area contributed by atoms with E-state index in [-0.39, 0.29) is 18.2 Å². The fraction of sp³-hybridized carbons (Fsp3) is 0.500. The molecule has 0 radical (unpaired) electrons. The largest absolute Gasteiger partial charge is 0.490 e. The van der Waals surface area contributed by atoms with Crippen molar-refractivity contribution >= 4 is 23.7 Å². The first-order valence-electron chi connectivity index (χ1n) is 12.2. The van der Waals surface area contributed by atoms with E-state index in [1.165, 1.54) is 25.7 Å². The lowest BCUT2D eigenvalue weighted by Gasteiger charge is -2.29. The number of hydrogen-bond donors (Lipinski definition) is 2. The first-order valence-corrected chi connectivity index (χ1v) is 12.2. The molecule has 3 aliphatic rings. The number of carbonyl (C=O) groups is 4. The van der Waals surface area contributed by atoms with Gasteiger partial charge in [-0.05, 0) is 56.1 Å². The Kier molecular flexibility index (Phi) is 8.09. The molecule has 2 fully saturated rings. The summed E-state index contributed by atoms with van der Waals surface area (Å²) in [7, 11) is 0. The van der Waals surface area contributed by atoms with Crippen LogP contribution in [0.25, 0.3) is 5.69 Å². The third kappa shape index (κ3) is 6.36. The van der Waals surface area contributed by atoms with Crippen molar-refractivity contribution in [3.63, 3.8) is 0 Å². The third-order valence-electron chi connectivity index (χ3n) is 6.64. The Morgan fingerprint density at radius 2 is 1.79 bits per heavy atom. The maximum absolute atomic E-state index is 12.8. The summed E-state index contributed by atoms with van der Waals surface area (Å²) in [5, 5.41) is 18.1. The number of aromatic nitrogens is 3. The van der Waals surface area contributed by atoms with Crippen LogP contribution in [0, 0.1) is 0 Å². The Morgan fingerprint density at radius 3 is 2.42 bits per heavy atom. The molecule has 4 heterocycles. The number of carboxylic acid groups (broad SMARTS) is 1. The van der Waals surface area contributed by atoms with Crippen molar-refractivity contribution in [1.29, 1.82) is 0 Å². The molecule has 0 spiro atoms. The third-order valence-corrected chi connectivity index (χ3v) is 6.64. The molecular weight excluding hydrogens is 509 g/mol. The molecule has 2 N–H and O–H groups in total. The molecule has 11 nitrogen and oxygen atoms in total. The van der Waals surface area contributed by atoms with E-state index in [9.17, 15) is 27.6 Å². The number of nitrogens with zero attached hydrogens (tertiary/aromatic N) is 5. The number of alkyl halides is 3. The van der Waals surface area contributed by atoms with Crippen LogP contribution in [0.3, 0.4) is 0 Å². The maximum Gasteiger partial charge on any atom is 0.490 e. The number of carbonyl (C=O) groups excluding carboxylic acids is 3. The van der Waals surface area contributed by atoms with Gasteiger partial charge in [-0.2, -0.15) is 13.2 Å². The quantitative estimate of drug-likeness (QED) is 0.567. The van der Waals surface area contributed by atoms with Crippen LogP contribution in [-0.4, -0.2) is 78.9 Å². The Morgan fingerprint density at radius 1 is 1.11 bits per heavy atom. The molecule has 0 saturated carbocycles. The van der Waals surface area contributed by atoms with Crippen LogP contribution in [0.5, 0.6) is 0 Å². The van der Waals surface area contributed by atoms with Crippen LogP contribution < -0.4 is 5.32 Å². The molecular formula is C24H27F3N6O5. The minimum absolute atomic E-state index is 0.170. The van der Waals surface area contributed by atoms with Crippen molar-refractivity contribution < 1.29 is 37.5 Å². The first-order chi connectivity index (χ1) is 18.0. The van der Waals surface area contributed by atoms with E-state index in [0.717, 1.165) is 36.6 Å². The first kappa shape index (κ1) is 27.2. The lowest BCUT2D eigenvalue weighted by molar-refractivity contribution is -0.192. The van der Waals surface area contributed by atoms with Gasteiger partial charge in [0.2, 0.25) is 11.8 Å². The van der Waals surface area contributed by atoms with Crippen molar-refractivity contribution in [2.24, 2.45) is 0 Å². The molecule has 5 rings (SSSR count). The summed E-state index contributed by atoms with van der Waals surface area (Å²) in [5.74, 6) is -3.61. The molecule has 0 bridgehead atoms. The number of hydrogen-bond acceptors (Lipinski definition) is 7. The van der Waals surface area contributed by atoms with E-state index in [4.69, 9.17) is 9.90 Å². The summed E-state index contributed by atoms with van der Waals surface area (Å²) in [4.78, 5) is 49.4. The highest BCUT2D eigenvalue weighted by Crippen LogP contribution is 2.29. The number of halogens is 3. The number of benzene rings is 1. The fourth-order valence-electron chi connectivity index (χ4n) is 4.72. The number of amides is 3. The van der Waals surface area contributed by atoms with E-state index < -0.39 is 24.1 Å². The molecule has 1 aromatic heterocycles. The van der Waals surface area contributed by atoms with Gasteiger partial charge in [0.15, 0.2) is 0 Å². The van der Waals surface area contributed by atoms with Gasteiger partial charge in [0, 0.05) is 25.1 Å². The van der Waals surface area contributed by atoms with Crippen LogP contribution in [0.1, 0.15) is 60.1 Å². The topological polar surface area (TPSA) is 138 Å². The number of rotatable bonds is 4. The second-order valence-corrected chi connectivity index (χ2v) is 9.39. The highest BCUT2D eigenvalue weighted by Gasteiger charge is 2.39. The number of imide groups is 1. The Labute approximate surface area is 215 Å². The zero-order chi connectivity index (χ0) is 27.4. The highest BCUT2D eigenvalue weighted by atomic mass is 19.4. The van der Waals surface area contributed by atoms with Gasteiger partial charge in [-0.15, -0.1) is 5.10 Å². The molecule has 1 unspecified atom stereocenters. The second kappa shape index (κ2) is 11.3. The lowest BCUT2D eigenvalue weighted by atomic mass is 10.0. The van der Waals surface area contributed by atoms with Gasteiger partial charge in [-0.1, -0.05) is 18.1 Å². The van der Waals surface area contributed by atoms with Gasteiger partial charge < -0.3 is 10.0 Å². The van der Waals surface area contributed by atoms with E-state index in [1.54, 1.807) is 15.6 Å². The van der Waals surface area contributed by atoms with E-state index in [2.05, 4.69) is 20.5 Å². The monoisotopic (exact) mass is 536 g/mol. The van der Waals surface area contributed by atoms with E-state index in [0.29, 0.717) is 18.5 Å². The molecule has 14 heteroatoms. The van der Waals surface area contributed by atoms with Gasteiger partial charge in [0.25, 0.3) is 5.91 Å². The van der Waals surface area contributed by atoms with Crippen LogP contribution >= 0.6 is 0 Å². The Balaban J connectivity index is 0.000000426. The fourth-order valence-corrected chi connectivity index (χ4v) is 4.72. The molecule has 1 atom stereocenters. The van der Waals surface area contributed by atoms with Gasteiger partial charge in [-0.3, -0.25) is 24.6 Å². The summed E-state index contributed by atoms with van der Waals surface area (Å²) in [6, 6.07) is 4.97. The number of piperidine rings is 1. The smallest absolute Gasteiger partial charge is 0.475 e. The standard InChI is InChI=1S/C22H26N6O3.C2HF3O2/c29-20-8-7-19(21(30)23-20)27-12-15-11-17(5-6-18(15)22(27)31)28-14-16(24-25-28)13-26-9-3-1-2-4-10-26;3-2(4,5)1(6)7/h5-6,11,14,19H,1-4,7-10,12-13H2,(H,23,29,30);(H,6,7). The molecule has 3 amide bonds. The summed E-state index contributed by atoms with van der Waals surface area (Å²) >= 11 is 0. The minimum Gasteiger partial charge on any atom is -0.475 e. The molecule has 3 aliphatic heterocycles. The summed E-state index contributed by atoms with van der Waals surface area (Å²) in [6.45, 7) is 3.35. The van der Waals surface area contributed by atoms with Crippen molar-refractivity contribution in [2.45, 2.75) is 63.8 Å². The predicted octanol–water partition coefficient (Wildman–Crippen LogP) is 2.04. The lowest BCUT2D eigenvalue weighted by Crippen LogP contribution is -2.52. The van der Waals surface area contributed by atoms with Crippen molar-refractivity contribution in [1.82, 2.24) is 30.1 Å². The van der Waals surface area contributed by atoms with Crippen molar-refractivity contribution in [3.8, 4) is 5.69 Å². The number of likely N-dealkylation sites (tertiary alicyclic amines) is 1. The second-order valence-electron chi connectivity index (χ2n) is 9.39. The highest BCUT2D eigenvalue weighted by molar-refractivity contribution is 6.05. The zero-order valence-electron chi connectivity index (χ0n) is 20.4. The van der Waals surface area contributed by atoms with Gasteiger partial charge in [0.05, 0.1) is 17.6 Å². The predicted molar refractivity (Wildman–Crippen MR) is 125 cm³/mol. The molecule has 204 valence electrons. The van der Waals surface area contributed by atoms with Crippen LogP contribution in [0.15, 0.2) is 24.4 Å². The summed E-state index contributed by atoms with van der Waals surface area (Å²) < 4.78 is 33.5. The average molecular weight is 537 g/mol. The summed E-state index contributed by atoms with van der Waals surface area (Å²) in [5.41, 5.74) is 3.23. The van der Waals surface area contributed by atoms with Crippen molar-refractivity contribution in [3.05, 3.63) is 41.2 Å². The van der Waals surface area contributed by atoms with Crippen molar-refractivity contribution in [2.75, 3.05) is 13.1 Å². The maximum atomic E-state index is 12.8. The summed E-state index contributed by atoms with van der Waals surface area (Å²) in [6.07, 6.45) is 2.54. The molecule has 38 heavy (non-hydrogen) atoms. The van der Waals surface area contributed by atoms with E-state index in [1.807, 2.05) is 18.3 Å². The molecule has 1 aromatic carbocycles. The number of aliphatic carboxylic acids is 1. The van der Waals surface area contributed by atoms with E-state index >= 15 is 0 Å². The molecule has 2 aromatic rings. The number of fused-ring (bicyclic) bond motifs is 1. The van der Waals surface area contributed by atoms with Gasteiger partial charge in [0.1, 0.15) is 6.04 Å². The normalized spacial score (nSPS) is 20.3. The molecule has 2 saturated heterocycles. The van der Waals surface area contributed by atoms with Crippen LogP contribution in [0.2, 0.25) is 0 Å². The Bertz CT molecular complexity index is 1220. The Hall–Kier alpha value is -3.81. The number of nitrogens with one attached hydrogen (secondary N) is 1. The van der Waals surface area contributed by atoms with Gasteiger partial charge >= 0.3 is 12.1 Å². The minimum atomic E-state index is -5.08.